The predicted octanol–water partition coefficient (Wildman–Crippen LogP) is 2.74. The van der Waals surface area contributed by atoms with E-state index in [2.05, 4.69) is 40.7 Å². The smallest absolute Gasteiger partial charge is 0.183 e. The topological polar surface area (TPSA) is 34.5 Å². The molecule has 1 aliphatic carbocycles. The molecule has 1 unspecified atom stereocenters. The number of nitrogens with zero attached hydrogens (tertiary/aromatic N) is 2. The van der Waals surface area contributed by atoms with Gasteiger partial charge in [0.25, 0.3) is 0 Å². The van der Waals surface area contributed by atoms with Gasteiger partial charge in [-0.15, -0.1) is 0 Å². The Kier molecular flexibility index (Phi) is 3.95. The van der Waals surface area contributed by atoms with Crippen LogP contribution in [0.2, 0.25) is 0 Å². The van der Waals surface area contributed by atoms with Crippen molar-refractivity contribution < 1.29 is 9.53 Å². The Balaban J connectivity index is 1.67. The minimum atomic E-state index is 0.134. The first-order valence-electron chi connectivity index (χ1n) is 8.74. The summed E-state index contributed by atoms with van der Waals surface area (Å²) >= 11 is 0. The van der Waals surface area contributed by atoms with Crippen molar-refractivity contribution in [3.8, 4) is 0 Å². The zero-order valence-corrected chi connectivity index (χ0v) is 13.8. The quantitative estimate of drug-likeness (QED) is 0.874. The van der Waals surface area contributed by atoms with Gasteiger partial charge in [0.05, 0.1) is 18.9 Å². The van der Waals surface area contributed by atoms with E-state index in [0.29, 0.717) is 5.78 Å². The molecule has 23 heavy (non-hydrogen) atoms. The van der Waals surface area contributed by atoms with Gasteiger partial charge in [0.2, 0.25) is 0 Å². The second-order valence-corrected chi connectivity index (χ2v) is 6.60. The van der Waals surface area contributed by atoms with Gasteiger partial charge in [-0.2, -0.15) is 0 Å². The SMILES string of the molecule is CCn1c2c(c3ccccc31)CCC(CN1CCOCC1)C2=O. The molecule has 2 heterocycles. The summed E-state index contributed by atoms with van der Waals surface area (Å²) in [4.78, 5) is 15.5. The Morgan fingerprint density at radius 2 is 2.00 bits per heavy atom. The fourth-order valence-electron chi connectivity index (χ4n) is 4.15. The zero-order valence-electron chi connectivity index (χ0n) is 13.8. The lowest BCUT2D eigenvalue weighted by Crippen LogP contribution is -2.42. The van der Waals surface area contributed by atoms with Gasteiger partial charge in [0, 0.05) is 43.0 Å². The van der Waals surface area contributed by atoms with E-state index in [1.807, 2.05) is 0 Å². The minimum absolute atomic E-state index is 0.134. The summed E-state index contributed by atoms with van der Waals surface area (Å²) in [7, 11) is 0. The van der Waals surface area contributed by atoms with Gasteiger partial charge < -0.3 is 9.30 Å². The van der Waals surface area contributed by atoms with Gasteiger partial charge in [-0.05, 0) is 31.4 Å². The van der Waals surface area contributed by atoms with Crippen LogP contribution in [-0.4, -0.2) is 48.1 Å². The van der Waals surface area contributed by atoms with Gasteiger partial charge in [-0.1, -0.05) is 18.2 Å². The first kappa shape index (κ1) is 14.9. The molecule has 0 N–H and O–H groups in total. The molecule has 0 amide bonds. The number of hydrogen-bond donors (Lipinski definition) is 0. The molecule has 1 aromatic heterocycles. The number of ether oxygens (including phenoxy) is 1. The Hall–Kier alpha value is -1.65. The van der Waals surface area contributed by atoms with Crippen LogP contribution in [0.4, 0.5) is 0 Å². The Morgan fingerprint density at radius 1 is 1.22 bits per heavy atom. The molecule has 0 spiro atoms. The third-order valence-electron chi connectivity index (χ3n) is 5.32. The van der Waals surface area contributed by atoms with E-state index in [1.165, 1.54) is 16.5 Å². The number of aryl methyl sites for hydroxylation is 2. The number of benzene rings is 1. The number of rotatable bonds is 3. The molecule has 4 nitrogen and oxygen atoms in total. The van der Waals surface area contributed by atoms with Crippen LogP contribution in [0.15, 0.2) is 24.3 Å². The van der Waals surface area contributed by atoms with Crippen LogP contribution in [0, 0.1) is 5.92 Å². The molecule has 2 aliphatic rings. The summed E-state index contributed by atoms with van der Waals surface area (Å²) in [5, 5.41) is 1.27. The first-order valence-corrected chi connectivity index (χ1v) is 8.74. The highest BCUT2D eigenvalue weighted by Gasteiger charge is 2.33. The number of carbonyl (C=O) groups excluding carboxylic acids is 1. The summed E-state index contributed by atoms with van der Waals surface area (Å²) in [6, 6.07) is 8.44. The van der Waals surface area contributed by atoms with Crippen molar-refractivity contribution in [3.05, 3.63) is 35.5 Å². The summed E-state index contributed by atoms with van der Waals surface area (Å²) in [5.41, 5.74) is 3.45. The number of carbonyl (C=O) groups is 1. The Bertz CT molecular complexity index is 695. The Labute approximate surface area is 137 Å². The van der Waals surface area contributed by atoms with E-state index in [4.69, 9.17) is 4.74 Å². The highest BCUT2D eigenvalue weighted by Crippen LogP contribution is 2.34. The maximum atomic E-state index is 13.2. The fourth-order valence-corrected chi connectivity index (χ4v) is 4.15. The van der Waals surface area contributed by atoms with Crippen molar-refractivity contribution in [1.29, 1.82) is 0 Å². The number of fused-ring (bicyclic) bond motifs is 3. The molecule has 1 saturated heterocycles. The van der Waals surface area contributed by atoms with Crippen LogP contribution in [0.5, 0.6) is 0 Å². The standard InChI is InChI=1S/C19H24N2O2/c1-2-21-17-6-4-3-5-15(17)16-8-7-14(19(22)18(16)21)13-20-9-11-23-12-10-20/h3-6,14H,2,7-13H2,1H3. The second kappa shape index (κ2) is 6.10. The number of hydrogen-bond acceptors (Lipinski definition) is 3. The molecule has 1 fully saturated rings. The fraction of sp³-hybridized carbons (Fsp3) is 0.526. The third kappa shape index (κ3) is 2.50. The largest absolute Gasteiger partial charge is 0.379 e. The average molecular weight is 312 g/mol. The summed E-state index contributed by atoms with van der Waals surface area (Å²) in [5.74, 6) is 0.478. The minimum Gasteiger partial charge on any atom is -0.379 e. The van der Waals surface area contributed by atoms with E-state index >= 15 is 0 Å². The molecule has 4 heteroatoms. The van der Waals surface area contributed by atoms with Crippen LogP contribution in [0.3, 0.4) is 0 Å². The molecule has 1 aromatic carbocycles. The molecular weight excluding hydrogens is 288 g/mol. The number of aromatic nitrogens is 1. The molecule has 0 radical (unpaired) electrons. The number of ketones is 1. The predicted molar refractivity (Wildman–Crippen MR) is 91.0 cm³/mol. The van der Waals surface area contributed by atoms with Crippen LogP contribution < -0.4 is 0 Å². The lowest BCUT2D eigenvalue weighted by atomic mass is 9.85. The summed E-state index contributed by atoms with van der Waals surface area (Å²) in [6.45, 7) is 7.36. The van der Waals surface area contributed by atoms with Crippen molar-refractivity contribution >= 4 is 16.7 Å². The van der Waals surface area contributed by atoms with Crippen LogP contribution in [-0.2, 0) is 17.7 Å². The van der Waals surface area contributed by atoms with Gasteiger partial charge in [-0.3, -0.25) is 9.69 Å². The molecule has 0 bridgehead atoms. The van der Waals surface area contributed by atoms with Crippen molar-refractivity contribution in [1.82, 2.24) is 9.47 Å². The highest BCUT2D eigenvalue weighted by molar-refractivity contribution is 6.05. The third-order valence-corrected chi connectivity index (χ3v) is 5.32. The van der Waals surface area contributed by atoms with E-state index < -0.39 is 0 Å². The van der Waals surface area contributed by atoms with E-state index in [-0.39, 0.29) is 5.92 Å². The average Bonchev–Trinajstić information content (AvgIpc) is 2.93. The van der Waals surface area contributed by atoms with E-state index in [0.717, 1.165) is 57.9 Å². The van der Waals surface area contributed by atoms with Gasteiger partial charge in [0.15, 0.2) is 5.78 Å². The van der Waals surface area contributed by atoms with Crippen LogP contribution in [0.1, 0.15) is 29.4 Å². The van der Waals surface area contributed by atoms with Crippen molar-refractivity contribution in [3.63, 3.8) is 0 Å². The number of Topliss-reactive ketones (excluding diaryl/α,β-unsaturated/α-hetero) is 1. The van der Waals surface area contributed by atoms with Crippen molar-refractivity contribution in [2.75, 3.05) is 32.8 Å². The molecule has 122 valence electrons. The van der Waals surface area contributed by atoms with E-state index in [1.54, 1.807) is 0 Å². The van der Waals surface area contributed by atoms with Crippen LogP contribution >= 0.6 is 0 Å². The number of morpholine rings is 1. The van der Waals surface area contributed by atoms with Crippen LogP contribution in [0.25, 0.3) is 10.9 Å². The van der Waals surface area contributed by atoms with Gasteiger partial charge in [0.1, 0.15) is 0 Å². The lowest BCUT2D eigenvalue weighted by molar-refractivity contribution is 0.0290. The molecule has 2 aromatic rings. The second-order valence-electron chi connectivity index (χ2n) is 6.60. The maximum absolute atomic E-state index is 13.2. The first-order chi connectivity index (χ1) is 11.3. The highest BCUT2D eigenvalue weighted by atomic mass is 16.5. The zero-order chi connectivity index (χ0) is 15.8. The molecular formula is C19H24N2O2. The maximum Gasteiger partial charge on any atom is 0.183 e. The van der Waals surface area contributed by atoms with Gasteiger partial charge in [-0.25, -0.2) is 0 Å². The lowest BCUT2D eigenvalue weighted by Gasteiger charge is -2.31. The molecule has 1 aliphatic heterocycles. The summed E-state index contributed by atoms with van der Waals surface area (Å²) in [6.07, 6.45) is 1.99. The van der Waals surface area contributed by atoms with E-state index in [9.17, 15) is 4.79 Å². The molecule has 1 atom stereocenters. The monoisotopic (exact) mass is 312 g/mol. The molecule has 0 saturated carbocycles. The van der Waals surface area contributed by atoms with Crippen molar-refractivity contribution in [2.45, 2.75) is 26.3 Å². The normalized spacial score (nSPS) is 22.5. The van der Waals surface area contributed by atoms with Crippen molar-refractivity contribution in [2.24, 2.45) is 5.92 Å². The summed E-state index contributed by atoms with van der Waals surface area (Å²) < 4.78 is 7.64. The number of para-hydroxylation sites is 1. The molecule has 4 rings (SSSR count). The van der Waals surface area contributed by atoms with Gasteiger partial charge >= 0.3 is 0 Å². The Morgan fingerprint density at radius 3 is 2.78 bits per heavy atom.